The summed E-state index contributed by atoms with van der Waals surface area (Å²) in [6, 6.07) is 14.9. The van der Waals surface area contributed by atoms with E-state index in [-0.39, 0.29) is 39.3 Å². The quantitative estimate of drug-likeness (QED) is 0.161. The number of unbranched alkanes of at least 4 members (excludes halogenated alkanes) is 1. The van der Waals surface area contributed by atoms with Crippen LogP contribution >= 0.6 is 0 Å². The zero-order valence-electron chi connectivity index (χ0n) is 21.8. The highest BCUT2D eigenvalue weighted by Gasteiger charge is 2.13. The maximum absolute atomic E-state index is 11.9. The minimum absolute atomic E-state index is 0.00843. The van der Waals surface area contributed by atoms with Crippen molar-refractivity contribution < 1.29 is 38.7 Å². The molecule has 38 heavy (non-hydrogen) atoms. The van der Waals surface area contributed by atoms with Crippen LogP contribution < -0.4 is 9.47 Å². The van der Waals surface area contributed by atoms with Crippen LogP contribution in [0.3, 0.4) is 0 Å². The number of benzene rings is 2. The molecule has 0 fully saturated rings. The van der Waals surface area contributed by atoms with E-state index in [0.29, 0.717) is 37.2 Å². The van der Waals surface area contributed by atoms with E-state index in [2.05, 4.69) is 13.2 Å². The summed E-state index contributed by atoms with van der Waals surface area (Å²) in [5.41, 5.74) is 1.91. The maximum atomic E-state index is 11.9. The second-order valence-electron chi connectivity index (χ2n) is 8.70. The molecule has 2 unspecified atom stereocenters. The maximum Gasteiger partial charge on any atom is 0.305 e. The van der Waals surface area contributed by atoms with Crippen molar-refractivity contribution in [1.29, 1.82) is 0 Å². The van der Waals surface area contributed by atoms with Crippen molar-refractivity contribution in [1.82, 2.24) is 0 Å². The Kier molecular flexibility index (Phi) is 14.3. The van der Waals surface area contributed by atoms with Crippen LogP contribution in [0.1, 0.15) is 36.8 Å². The normalized spacial score (nSPS) is 12.2. The van der Waals surface area contributed by atoms with Crippen molar-refractivity contribution >= 4 is 11.9 Å². The van der Waals surface area contributed by atoms with Crippen LogP contribution in [0.2, 0.25) is 0 Å². The third kappa shape index (κ3) is 12.1. The van der Waals surface area contributed by atoms with E-state index in [1.165, 1.54) is 0 Å². The molecule has 0 bridgehead atoms. The second kappa shape index (κ2) is 17.8. The number of esters is 2. The zero-order chi connectivity index (χ0) is 27.6. The number of carbonyl (C=O) groups is 2. The third-order valence-corrected chi connectivity index (χ3v) is 5.42. The topological polar surface area (TPSA) is 112 Å². The number of allylic oxidation sites excluding steroid dienone is 2. The van der Waals surface area contributed by atoms with Gasteiger partial charge in [0.15, 0.2) is 0 Å². The van der Waals surface area contributed by atoms with Crippen LogP contribution in [0.4, 0.5) is 0 Å². The van der Waals surface area contributed by atoms with Crippen molar-refractivity contribution in [2.75, 3.05) is 26.4 Å². The van der Waals surface area contributed by atoms with Gasteiger partial charge in [-0.2, -0.15) is 0 Å². The second-order valence-corrected chi connectivity index (χ2v) is 8.70. The first-order chi connectivity index (χ1) is 18.4. The molecule has 2 aromatic carbocycles. The lowest BCUT2D eigenvalue weighted by molar-refractivity contribution is -0.149. The van der Waals surface area contributed by atoms with Crippen LogP contribution in [0.15, 0.2) is 73.8 Å². The standard InChI is InChI=1S/C30H38O8/c1-3-11-23-13-5-7-15-27(23)35-19-25(31)21-37-29(33)17-9-10-18-30(34)38-22-26(32)20-36-28-16-8-6-14-24(28)12-4-2/h3-8,13-16,25-26,31-32H,1-2,9-12,17-22H2. The van der Waals surface area contributed by atoms with Crippen LogP contribution in [0.5, 0.6) is 11.5 Å². The molecular weight excluding hydrogens is 488 g/mol. The Labute approximate surface area is 224 Å². The van der Waals surface area contributed by atoms with Gasteiger partial charge in [-0.25, -0.2) is 0 Å². The first-order valence-corrected chi connectivity index (χ1v) is 12.7. The molecule has 0 heterocycles. The summed E-state index contributed by atoms with van der Waals surface area (Å²) in [6.07, 6.45) is 4.01. The number of hydrogen-bond acceptors (Lipinski definition) is 8. The number of hydrogen-bond donors (Lipinski definition) is 2. The van der Waals surface area contributed by atoms with Gasteiger partial charge in [-0.15, -0.1) is 13.2 Å². The van der Waals surface area contributed by atoms with Crippen LogP contribution in [0, 0.1) is 0 Å². The van der Waals surface area contributed by atoms with Gasteiger partial charge < -0.3 is 29.2 Å². The summed E-state index contributed by atoms with van der Waals surface area (Å²) in [7, 11) is 0. The van der Waals surface area contributed by atoms with Gasteiger partial charge in [0.2, 0.25) is 0 Å². The van der Waals surface area contributed by atoms with Gasteiger partial charge in [0.05, 0.1) is 0 Å². The molecule has 8 nitrogen and oxygen atoms in total. The van der Waals surface area contributed by atoms with Crippen molar-refractivity contribution in [3.05, 3.63) is 85.0 Å². The summed E-state index contributed by atoms with van der Waals surface area (Å²) in [6.45, 7) is 7.06. The van der Waals surface area contributed by atoms with Crippen LogP contribution in [-0.2, 0) is 31.9 Å². The van der Waals surface area contributed by atoms with E-state index in [1.54, 1.807) is 12.2 Å². The van der Waals surface area contributed by atoms with Crippen molar-refractivity contribution in [2.45, 2.75) is 50.7 Å². The highest BCUT2D eigenvalue weighted by atomic mass is 16.6. The lowest BCUT2D eigenvalue weighted by Gasteiger charge is -2.15. The van der Waals surface area contributed by atoms with E-state index < -0.39 is 24.1 Å². The molecular formula is C30H38O8. The van der Waals surface area contributed by atoms with E-state index >= 15 is 0 Å². The SMILES string of the molecule is C=CCc1ccccc1OCC(O)COC(=O)CCCCC(=O)OCC(O)COc1ccccc1CC=C. The molecule has 0 aromatic heterocycles. The third-order valence-electron chi connectivity index (χ3n) is 5.42. The van der Waals surface area contributed by atoms with Crippen molar-refractivity contribution in [2.24, 2.45) is 0 Å². The van der Waals surface area contributed by atoms with E-state index in [9.17, 15) is 19.8 Å². The summed E-state index contributed by atoms with van der Waals surface area (Å²) < 4.78 is 21.4. The van der Waals surface area contributed by atoms with Gasteiger partial charge in [0, 0.05) is 12.8 Å². The molecule has 0 amide bonds. The number of ether oxygens (including phenoxy) is 4. The average molecular weight is 527 g/mol. The molecule has 2 rings (SSSR count). The molecule has 2 aromatic rings. The highest BCUT2D eigenvalue weighted by Crippen LogP contribution is 2.20. The van der Waals surface area contributed by atoms with Gasteiger partial charge in [-0.05, 0) is 48.9 Å². The Morgan fingerprint density at radius 1 is 0.684 bits per heavy atom. The Hall–Kier alpha value is -3.62. The van der Waals surface area contributed by atoms with E-state index in [1.807, 2.05) is 48.5 Å². The first-order valence-electron chi connectivity index (χ1n) is 12.7. The van der Waals surface area contributed by atoms with Crippen LogP contribution in [0.25, 0.3) is 0 Å². The summed E-state index contributed by atoms with van der Waals surface area (Å²) in [4.78, 5) is 23.8. The van der Waals surface area contributed by atoms with Gasteiger partial charge in [-0.1, -0.05) is 48.6 Å². The van der Waals surface area contributed by atoms with Crippen molar-refractivity contribution in [3.8, 4) is 11.5 Å². The van der Waals surface area contributed by atoms with Gasteiger partial charge in [-0.3, -0.25) is 9.59 Å². The number of aliphatic hydroxyl groups is 2. The smallest absolute Gasteiger partial charge is 0.305 e. The zero-order valence-corrected chi connectivity index (χ0v) is 21.8. The van der Waals surface area contributed by atoms with Gasteiger partial charge in [0.25, 0.3) is 0 Å². The number of aliphatic hydroxyl groups excluding tert-OH is 2. The first kappa shape index (κ1) is 30.6. The predicted molar refractivity (Wildman–Crippen MR) is 144 cm³/mol. The molecule has 206 valence electrons. The fourth-order valence-corrected chi connectivity index (χ4v) is 3.47. The lowest BCUT2D eigenvalue weighted by Crippen LogP contribution is -2.25. The number of carbonyl (C=O) groups excluding carboxylic acids is 2. The molecule has 0 saturated carbocycles. The number of rotatable bonds is 19. The van der Waals surface area contributed by atoms with Crippen LogP contribution in [-0.4, -0.2) is 60.8 Å². The Bertz CT molecular complexity index is 937. The highest BCUT2D eigenvalue weighted by molar-refractivity contribution is 5.70. The van der Waals surface area contributed by atoms with E-state index in [4.69, 9.17) is 18.9 Å². The molecule has 0 radical (unpaired) electrons. The fourth-order valence-electron chi connectivity index (χ4n) is 3.47. The van der Waals surface area contributed by atoms with Crippen molar-refractivity contribution in [3.63, 3.8) is 0 Å². The molecule has 0 aliphatic heterocycles. The molecule has 8 heteroatoms. The fraction of sp³-hybridized carbons (Fsp3) is 0.400. The number of para-hydroxylation sites is 2. The molecule has 0 aliphatic carbocycles. The van der Waals surface area contributed by atoms with Gasteiger partial charge >= 0.3 is 11.9 Å². The molecule has 0 spiro atoms. The predicted octanol–water partition coefficient (Wildman–Crippen LogP) is 3.97. The Morgan fingerprint density at radius 3 is 1.47 bits per heavy atom. The molecule has 2 N–H and O–H groups in total. The minimum Gasteiger partial charge on any atom is -0.490 e. The molecule has 0 saturated heterocycles. The largest absolute Gasteiger partial charge is 0.490 e. The summed E-state index contributed by atoms with van der Waals surface area (Å²) >= 11 is 0. The van der Waals surface area contributed by atoms with Gasteiger partial charge in [0.1, 0.15) is 50.1 Å². The average Bonchev–Trinajstić information content (AvgIpc) is 2.92. The lowest BCUT2D eigenvalue weighted by atomic mass is 10.1. The minimum atomic E-state index is -0.961. The Morgan fingerprint density at radius 2 is 1.08 bits per heavy atom. The monoisotopic (exact) mass is 526 g/mol. The molecule has 2 atom stereocenters. The summed E-state index contributed by atoms with van der Waals surface area (Å²) in [5.74, 6) is 0.375. The molecule has 0 aliphatic rings. The summed E-state index contributed by atoms with van der Waals surface area (Å²) in [5, 5.41) is 20.1. The van der Waals surface area contributed by atoms with E-state index in [0.717, 1.165) is 11.1 Å². The Balaban J connectivity index is 1.53.